The predicted molar refractivity (Wildman–Crippen MR) is 105 cm³/mol. The third-order valence-corrected chi connectivity index (χ3v) is 6.19. The van der Waals surface area contributed by atoms with Gasteiger partial charge < -0.3 is 10.2 Å². The maximum Gasteiger partial charge on any atom is 0.228 e. The lowest BCUT2D eigenvalue weighted by Crippen LogP contribution is -2.43. The first-order chi connectivity index (χ1) is 13.6. The molecule has 3 heterocycles. The average Bonchev–Trinajstić information content (AvgIpc) is 3.36. The Balaban J connectivity index is 1.36. The van der Waals surface area contributed by atoms with Crippen LogP contribution in [-0.2, 0) is 16.1 Å². The third-order valence-electron chi connectivity index (χ3n) is 5.18. The molecule has 2 aliphatic heterocycles. The Bertz CT molecular complexity index is 874. The number of anilines is 2. The number of carbonyl (C=O) groups excluding carboxylic acids is 2. The summed E-state index contributed by atoms with van der Waals surface area (Å²) in [4.78, 5) is 28.2. The SMILES string of the molecule is O=C(NCc1ccccc1F)[C@H]1CCCN(c2nnc(N3CCCC3=O)s2)C1. The van der Waals surface area contributed by atoms with Crippen molar-refractivity contribution in [3.63, 3.8) is 0 Å². The monoisotopic (exact) mass is 403 g/mol. The van der Waals surface area contributed by atoms with E-state index in [1.165, 1.54) is 17.4 Å². The van der Waals surface area contributed by atoms with E-state index in [1.807, 2.05) is 0 Å². The second kappa shape index (κ2) is 8.22. The van der Waals surface area contributed by atoms with Crippen LogP contribution in [-0.4, -0.2) is 41.6 Å². The van der Waals surface area contributed by atoms with Gasteiger partial charge >= 0.3 is 0 Å². The fraction of sp³-hybridized carbons (Fsp3) is 0.474. The van der Waals surface area contributed by atoms with Crippen LogP contribution in [0.25, 0.3) is 0 Å². The van der Waals surface area contributed by atoms with Crippen LogP contribution in [0.15, 0.2) is 24.3 Å². The number of aromatic nitrogens is 2. The number of nitrogens with zero attached hydrogens (tertiary/aromatic N) is 4. The Morgan fingerprint density at radius 3 is 2.82 bits per heavy atom. The molecule has 2 amide bonds. The molecule has 0 bridgehead atoms. The quantitative estimate of drug-likeness (QED) is 0.829. The highest BCUT2D eigenvalue weighted by Gasteiger charge is 2.30. The molecule has 2 fully saturated rings. The van der Waals surface area contributed by atoms with Crippen molar-refractivity contribution in [3.05, 3.63) is 35.6 Å². The molecule has 9 heteroatoms. The number of nitrogens with one attached hydrogen (secondary N) is 1. The molecule has 1 atom stereocenters. The van der Waals surface area contributed by atoms with Crippen molar-refractivity contribution >= 4 is 33.4 Å². The summed E-state index contributed by atoms with van der Waals surface area (Å²) in [6.07, 6.45) is 3.07. The Hall–Kier alpha value is -2.55. The number of rotatable bonds is 5. The molecule has 2 aromatic rings. The van der Waals surface area contributed by atoms with Gasteiger partial charge in [0.05, 0.1) is 5.92 Å². The number of piperidine rings is 1. The van der Waals surface area contributed by atoms with Gasteiger partial charge in [0.15, 0.2) is 0 Å². The summed E-state index contributed by atoms with van der Waals surface area (Å²) in [5.41, 5.74) is 0.479. The Labute approximate surface area is 166 Å². The van der Waals surface area contributed by atoms with Crippen LogP contribution < -0.4 is 15.1 Å². The van der Waals surface area contributed by atoms with Gasteiger partial charge in [-0.25, -0.2) is 4.39 Å². The van der Waals surface area contributed by atoms with Gasteiger partial charge in [-0.2, -0.15) is 0 Å². The summed E-state index contributed by atoms with van der Waals surface area (Å²) >= 11 is 1.39. The zero-order valence-electron chi connectivity index (χ0n) is 15.4. The molecule has 1 aromatic heterocycles. The molecule has 148 valence electrons. The molecule has 0 radical (unpaired) electrons. The minimum Gasteiger partial charge on any atom is -0.352 e. The molecule has 0 aliphatic carbocycles. The standard InChI is InChI=1S/C19H22FN5O2S/c20-15-7-2-1-5-13(15)11-21-17(27)14-6-3-9-24(12-14)18-22-23-19(28-18)25-10-4-8-16(25)26/h1-2,5,7,14H,3-4,6,8-12H2,(H,21,27)/t14-/m0/s1. The molecular formula is C19H22FN5O2S. The van der Waals surface area contributed by atoms with Gasteiger partial charge in [0.2, 0.25) is 22.1 Å². The first-order valence-electron chi connectivity index (χ1n) is 9.52. The van der Waals surface area contributed by atoms with Gasteiger partial charge in [-0.15, -0.1) is 10.2 Å². The van der Waals surface area contributed by atoms with Crippen LogP contribution in [0, 0.1) is 11.7 Å². The predicted octanol–water partition coefficient (Wildman–Crippen LogP) is 2.34. The molecule has 2 saturated heterocycles. The summed E-state index contributed by atoms with van der Waals surface area (Å²) < 4.78 is 13.7. The van der Waals surface area contributed by atoms with Crippen LogP contribution in [0.5, 0.6) is 0 Å². The van der Waals surface area contributed by atoms with Gasteiger partial charge in [0.1, 0.15) is 5.82 Å². The van der Waals surface area contributed by atoms with E-state index in [1.54, 1.807) is 23.1 Å². The van der Waals surface area contributed by atoms with E-state index in [9.17, 15) is 14.0 Å². The molecule has 2 aliphatic rings. The maximum atomic E-state index is 13.7. The smallest absolute Gasteiger partial charge is 0.228 e. The van der Waals surface area contributed by atoms with Crippen molar-refractivity contribution < 1.29 is 14.0 Å². The van der Waals surface area contributed by atoms with Crippen molar-refractivity contribution in [2.75, 3.05) is 29.4 Å². The van der Waals surface area contributed by atoms with Crippen LogP contribution in [0.2, 0.25) is 0 Å². The van der Waals surface area contributed by atoms with E-state index in [2.05, 4.69) is 20.4 Å². The largest absolute Gasteiger partial charge is 0.352 e. The van der Waals surface area contributed by atoms with Crippen LogP contribution in [0.1, 0.15) is 31.2 Å². The highest BCUT2D eigenvalue weighted by molar-refractivity contribution is 7.19. The Morgan fingerprint density at radius 2 is 2.04 bits per heavy atom. The van der Waals surface area contributed by atoms with E-state index in [0.29, 0.717) is 30.2 Å². The number of carbonyl (C=O) groups is 2. The first-order valence-corrected chi connectivity index (χ1v) is 10.3. The lowest BCUT2D eigenvalue weighted by atomic mass is 9.97. The van der Waals surface area contributed by atoms with Gasteiger partial charge in [-0.3, -0.25) is 14.5 Å². The number of hydrogen-bond acceptors (Lipinski definition) is 6. The summed E-state index contributed by atoms with van der Waals surface area (Å²) in [6, 6.07) is 6.45. The molecule has 0 unspecified atom stereocenters. The molecule has 0 saturated carbocycles. The minimum absolute atomic E-state index is 0.0765. The lowest BCUT2D eigenvalue weighted by Gasteiger charge is -2.31. The number of halogens is 1. The normalized spacial score (nSPS) is 19.9. The molecule has 28 heavy (non-hydrogen) atoms. The van der Waals surface area contributed by atoms with E-state index in [-0.39, 0.29) is 30.1 Å². The zero-order chi connectivity index (χ0) is 19.5. The summed E-state index contributed by atoms with van der Waals surface area (Å²) in [5, 5.41) is 12.6. The molecule has 1 aromatic carbocycles. The third kappa shape index (κ3) is 3.99. The lowest BCUT2D eigenvalue weighted by molar-refractivity contribution is -0.125. The van der Waals surface area contributed by atoms with Crippen LogP contribution in [0.3, 0.4) is 0 Å². The van der Waals surface area contributed by atoms with E-state index >= 15 is 0 Å². The van der Waals surface area contributed by atoms with Crippen LogP contribution in [0.4, 0.5) is 14.7 Å². The summed E-state index contributed by atoms with van der Waals surface area (Å²) in [7, 11) is 0. The number of benzene rings is 1. The molecule has 0 spiro atoms. The Morgan fingerprint density at radius 1 is 1.21 bits per heavy atom. The molecular weight excluding hydrogens is 381 g/mol. The molecule has 4 rings (SSSR count). The van der Waals surface area contributed by atoms with Crippen molar-refractivity contribution in [1.82, 2.24) is 15.5 Å². The maximum absolute atomic E-state index is 13.7. The molecule has 7 nitrogen and oxygen atoms in total. The second-order valence-corrected chi connectivity index (χ2v) is 8.04. The fourth-order valence-corrected chi connectivity index (χ4v) is 4.55. The van der Waals surface area contributed by atoms with Crippen molar-refractivity contribution in [3.8, 4) is 0 Å². The highest BCUT2D eigenvalue weighted by atomic mass is 32.1. The zero-order valence-corrected chi connectivity index (χ0v) is 16.3. The second-order valence-electron chi connectivity index (χ2n) is 7.11. The topological polar surface area (TPSA) is 78.4 Å². The van der Waals surface area contributed by atoms with E-state index in [0.717, 1.165) is 30.9 Å². The van der Waals surface area contributed by atoms with Crippen molar-refractivity contribution in [2.45, 2.75) is 32.2 Å². The minimum atomic E-state index is -0.314. The fourth-order valence-electron chi connectivity index (χ4n) is 3.63. The van der Waals surface area contributed by atoms with Gasteiger partial charge in [0, 0.05) is 38.2 Å². The average molecular weight is 403 g/mol. The Kier molecular flexibility index (Phi) is 5.52. The van der Waals surface area contributed by atoms with Gasteiger partial charge in [-0.05, 0) is 25.3 Å². The number of amides is 2. The van der Waals surface area contributed by atoms with Crippen molar-refractivity contribution in [1.29, 1.82) is 0 Å². The van der Waals surface area contributed by atoms with Gasteiger partial charge in [-0.1, -0.05) is 29.5 Å². The van der Waals surface area contributed by atoms with E-state index < -0.39 is 0 Å². The van der Waals surface area contributed by atoms with E-state index in [4.69, 9.17) is 0 Å². The van der Waals surface area contributed by atoms with Crippen molar-refractivity contribution in [2.24, 2.45) is 5.92 Å². The summed E-state index contributed by atoms with van der Waals surface area (Å²) in [5.74, 6) is -0.480. The molecule has 1 N–H and O–H groups in total. The highest BCUT2D eigenvalue weighted by Crippen LogP contribution is 2.32. The van der Waals surface area contributed by atoms with Gasteiger partial charge in [0.25, 0.3) is 0 Å². The number of hydrogen-bond donors (Lipinski definition) is 1. The summed E-state index contributed by atoms with van der Waals surface area (Å²) in [6.45, 7) is 2.22. The van der Waals surface area contributed by atoms with Crippen LogP contribution >= 0.6 is 11.3 Å². The first kappa shape index (κ1) is 18.8.